The quantitative estimate of drug-likeness (QED) is 0.0574. The van der Waals surface area contributed by atoms with Crippen molar-refractivity contribution in [1.29, 1.82) is 0 Å². The van der Waals surface area contributed by atoms with Crippen LogP contribution in [-0.4, -0.2) is 86.6 Å². The van der Waals surface area contributed by atoms with Gasteiger partial charge in [-0.2, -0.15) is 0 Å². The maximum absolute atomic E-state index is 13.3. The summed E-state index contributed by atoms with van der Waals surface area (Å²) in [6, 6.07) is 33.3. The molecule has 0 aromatic heterocycles. The van der Waals surface area contributed by atoms with Crippen molar-refractivity contribution in [2.75, 3.05) is 52.7 Å². The second-order valence-corrected chi connectivity index (χ2v) is 12.2. The summed E-state index contributed by atoms with van der Waals surface area (Å²) in [5.41, 5.74) is 1.72. The SMILES string of the molecule is C=CCOc1ccccc1[C@H]1[C@@H](Oc2ccccc2)C(=O)N1CCOCCOCCN1C(=O)[C@H](Oc2ccccc2)[C@@H]1c1ccccc1OCC=C. The lowest BCUT2D eigenvalue weighted by Crippen LogP contribution is -2.62. The molecule has 2 fully saturated rings. The molecular weight excluding hydrogens is 660 g/mol. The number of hydrogen-bond acceptors (Lipinski definition) is 8. The van der Waals surface area contributed by atoms with Gasteiger partial charge in [0, 0.05) is 24.2 Å². The van der Waals surface area contributed by atoms with Crippen LogP contribution in [0, 0.1) is 0 Å². The Morgan fingerprint density at radius 3 is 1.31 bits per heavy atom. The Kier molecular flexibility index (Phi) is 12.6. The van der Waals surface area contributed by atoms with Crippen molar-refractivity contribution >= 4 is 11.8 Å². The van der Waals surface area contributed by atoms with Crippen LogP contribution >= 0.6 is 0 Å². The van der Waals surface area contributed by atoms with Crippen LogP contribution in [0.15, 0.2) is 135 Å². The standard InChI is InChI=1S/C42H44N2O8/c1-3-25-49-35-21-13-11-19-33(35)37-39(51-31-15-7-5-8-16-31)41(45)43(37)23-27-47-29-30-48-28-24-44-38(34-20-12-14-22-36(34)50-26-4-2)40(42(44)46)52-32-17-9-6-10-18-32/h3-22,37-40H,1-2,23-30H2/t37-,38-,39+,40+/m0/s1. The lowest BCUT2D eigenvalue weighted by molar-refractivity contribution is -0.166. The molecule has 0 spiro atoms. The molecule has 0 N–H and O–H groups in total. The monoisotopic (exact) mass is 704 g/mol. The van der Waals surface area contributed by atoms with Gasteiger partial charge in [-0.3, -0.25) is 9.59 Å². The van der Waals surface area contributed by atoms with Crippen molar-refractivity contribution in [3.63, 3.8) is 0 Å². The number of benzene rings is 4. The zero-order chi connectivity index (χ0) is 36.1. The lowest BCUT2D eigenvalue weighted by atomic mass is 9.89. The third kappa shape index (κ3) is 8.47. The highest BCUT2D eigenvalue weighted by atomic mass is 16.5. The number of carbonyl (C=O) groups is 2. The first-order chi connectivity index (χ1) is 25.6. The fraction of sp³-hybridized carbons (Fsp3) is 0.286. The summed E-state index contributed by atoms with van der Waals surface area (Å²) in [6.45, 7) is 10.2. The van der Waals surface area contributed by atoms with E-state index < -0.39 is 12.2 Å². The van der Waals surface area contributed by atoms with Crippen molar-refractivity contribution in [3.8, 4) is 23.0 Å². The van der Waals surface area contributed by atoms with Gasteiger partial charge in [0.05, 0.1) is 26.4 Å². The summed E-state index contributed by atoms with van der Waals surface area (Å²) in [5, 5.41) is 0. The predicted octanol–water partition coefficient (Wildman–Crippen LogP) is 6.21. The number of β-lactam (4-membered cyclic amide) rings is 2. The van der Waals surface area contributed by atoms with Crippen LogP contribution in [0.1, 0.15) is 23.2 Å². The molecule has 4 aromatic rings. The third-order valence-corrected chi connectivity index (χ3v) is 8.82. The minimum Gasteiger partial charge on any atom is -0.489 e. The number of likely N-dealkylation sites (tertiary alicyclic amines) is 2. The molecule has 2 amide bonds. The minimum absolute atomic E-state index is 0.119. The Hall–Kier alpha value is -5.58. The zero-order valence-electron chi connectivity index (χ0n) is 29.1. The van der Waals surface area contributed by atoms with E-state index in [4.69, 9.17) is 28.4 Å². The summed E-state index contributed by atoms with van der Waals surface area (Å²) in [6.07, 6.45) is 1.99. The molecular formula is C42H44N2O8. The van der Waals surface area contributed by atoms with Gasteiger partial charge < -0.3 is 38.2 Å². The summed E-state index contributed by atoms with van der Waals surface area (Å²) in [4.78, 5) is 30.2. The predicted molar refractivity (Wildman–Crippen MR) is 197 cm³/mol. The van der Waals surface area contributed by atoms with Crippen LogP contribution in [-0.2, 0) is 19.1 Å². The molecule has 52 heavy (non-hydrogen) atoms. The second kappa shape index (κ2) is 18.1. The van der Waals surface area contributed by atoms with E-state index in [-0.39, 0.29) is 23.9 Å². The normalized spacial score (nSPS) is 19.3. The minimum atomic E-state index is -0.689. The Labute approximate surface area is 304 Å². The summed E-state index contributed by atoms with van der Waals surface area (Å²) in [7, 11) is 0. The van der Waals surface area contributed by atoms with Crippen molar-refractivity contribution in [3.05, 3.63) is 146 Å². The Morgan fingerprint density at radius 1 is 0.519 bits per heavy atom. The lowest BCUT2D eigenvalue weighted by Gasteiger charge is -2.47. The van der Waals surface area contributed by atoms with Crippen molar-refractivity contribution < 1.29 is 38.0 Å². The summed E-state index contributed by atoms with van der Waals surface area (Å²) < 4.78 is 35.9. The van der Waals surface area contributed by atoms with Gasteiger partial charge in [0.25, 0.3) is 11.8 Å². The first-order valence-corrected chi connectivity index (χ1v) is 17.5. The van der Waals surface area contributed by atoms with Crippen LogP contribution < -0.4 is 18.9 Å². The highest BCUT2D eigenvalue weighted by Crippen LogP contribution is 2.42. The Morgan fingerprint density at radius 2 is 0.904 bits per heavy atom. The molecule has 4 atom stereocenters. The van der Waals surface area contributed by atoms with Crippen LogP contribution in [0.2, 0.25) is 0 Å². The largest absolute Gasteiger partial charge is 0.489 e. The van der Waals surface area contributed by atoms with Gasteiger partial charge >= 0.3 is 0 Å². The van der Waals surface area contributed by atoms with Gasteiger partial charge in [-0.25, -0.2) is 0 Å². The van der Waals surface area contributed by atoms with Crippen LogP contribution in [0.4, 0.5) is 0 Å². The van der Waals surface area contributed by atoms with Crippen LogP contribution in [0.25, 0.3) is 0 Å². The molecule has 0 unspecified atom stereocenters. The second-order valence-electron chi connectivity index (χ2n) is 12.2. The summed E-state index contributed by atoms with van der Waals surface area (Å²) >= 11 is 0. The topological polar surface area (TPSA) is 96.0 Å². The molecule has 2 aliphatic heterocycles. The molecule has 2 saturated heterocycles. The van der Waals surface area contributed by atoms with E-state index >= 15 is 0 Å². The number of hydrogen-bond donors (Lipinski definition) is 0. The van der Waals surface area contributed by atoms with Gasteiger partial charge in [-0.15, -0.1) is 0 Å². The van der Waals surface area contributed by atoms with E-state index in [0.29, 0.717) is 75.7 Å². The Balaban J connectivity index is 1.00. The number of carbonyl (C=O) groups excluding carboxylic acids is 2. The van der Waals surface area contributed by atoms with E-state index in [9.17, 15) is 9.59 Å². The molecule has 0 saturated carbocycles. The smallest absolute Gasteiger partial charge is 0.266 e. The first kappa shape index (κ1) is 36.2. The molecule has 4 aromatic carbocycles. The number of amides is 2. The Bertz CT molecular complexity index is 1650. The van der Waals surface area contributed by atoms with Crippen molar-refractivity contribution in [1.82, 2.24) is 9.80 Å². The van der Waals surface area contributed by atoms with Crippen molar-refractivity contribution in [2.24, 2.45) is 0 Å². The molecule has 0 aliphatic carbocycles. The van der Waals surface area contributed by atoms with Gasteiger partial charge in [-0.05, 0) is 36.4 Å². The van der Waals surface area contributed by atoms with E-state index in [1.165, 1.54) is 0 Å². The van der Waals surface area contributed by atoms with Crippen LogP contribution in [0.5, 0.6) is 23.0 Å². The van der Waals surface area contributed by atoms with Crippen LogP contribution in [0.3, 0.4) is 0 Å². The van der Waals surface area contributed by atoms with Gasteiger partial charge in [0.1, 0.15) is 48.3 Å². The van der Waals surface area contributed by atoms with Crippen molar-refractivity contribution in [2.45, 2.75) is 24.3 Å². The maximum Gasteiger partial charge on any atom is 0.266 e. The highest BCUT2D eigenvalue weighted by molar-refractivity contribution is 5.90. The fourth-order valence-electron chi connectivity index (χ4n) is 6.37. The maximum atomic E-state index is 13.3. The van der Waals surface area contributed by atoms with Gasteiger partial charge in [0.15, 0.2) is 0 Å². The molecule has 6 rings (SSSR count). The van der Waals surface area contributed by atoms with E-state index in [1.807, 2.05) is 109 Å². The first-order valence-electron chi connectivity index (χ1n) is 17.5. The third-order valence-electron chi connectivity index (χ3n) is 8.82. The summed E-state index contributed by atoms with van der Waals surface area (Å²) in [5.74, 6) is 2.36. The molecule has 10 nitrogen and oxygen atoms in total. The average molecular weight is 705 g/mol. The van der Waals surface area contributed by atoms with E-state index in [0.717, 1.165) is 11.1 Å². The van der Waals surface area contributed by atoms with E-state index in [2.05, 4.69) is 13.2 Å². The van der Waals surface area contributed by atoms with Gasteiger partial charge in [0.2, 0.25) is 12.2 Å². The van der Waals surface area contributed by atoms with E-state index in [1.54, 1.807) is 22.0 Å². The average Bonchev–Trinajstić information content (AvgIpc) is 3.19. The molecule has 10 heteroatoms. The van der Waals surface area contributed by atoms with Gasteiger partial charge in [-0.1, -0.05) is 98.1 Å². The zero-order valence-corrected chi connectivity index (χ0v) is 29.1. The fourth-order valence-corrected chi connectivity index (χ4v) is 6.37. The number of nitrogens with zero attached hydrogens (tertiary/aromatic N) is 2. The molecule has 2 aliphatic rings. The molecule has 0 radical (unpaired) electrons. The number of ether oxygens (including phenoxy) is 6. The molecule has 2 heterocycles. The molecule has 270 valence electrons. The molecule has 0 bridgehead atoms. The number of para-hydroxylation sites is 4. The highest BCUT2D eigenvalue weighted by Gasteiger charge is 2.52. The number of rotatable bonds is 21.